The van der Waals surface area contributed by atoms with Gasteiger partial charge in [-0.15, -0.1) is 11.3 Å². The van der Waals surface area contributed by atoms with E-state index in [9.17, 15) is 0 Å². The normalized spacial score (nSPS) is 9.38. The van der Waals surface area contributed by atoms with Gasteiger partial charge in [0.25, 0.3) is 0 Å². The Morgan fingerprint density at radius 1 is 1.54 bits per heavy atom. The number of hydrogen-bond donors (Lipinski definition) is 1. The van der Waals surface area contributed by atoms with E-state index in [0.717, 1.165) is 10.6 Å². The van der Waals surface area contributed by atoms with E-state index < -0.39 is 0 Å². The second kappa shape index (κ2) is 6.09. The molecular formula is C10H12OS2. The molecule has 1 heterocycles. The van der Waals surface area contributed by atoms with Crippen molar-refractivity contribution in [3.05, 3.63) is 21.9 Å². The minimum Gasteiger partial charge on any atom is -0.395 e. The van der Waals surface area contributed by atoms with Crippen molar-refractivity contribution in [3.8, 4) is 11.8 Å². The third-order valence-corrected chi connectivity index (χ3v) is 3.18. The minimum atomic E-state index is 0.149. The van der Waals surface area contributed by atoms with E-state index in [1.54, 1.807) is 11.3 Å². The number of rotatable bonds is 3. The molecule has 0 saturated carbocycles. The quantitative estimate of drug-likeness (QED) is 0.776. The van der Waals surface area contributed by atoms with Crippen LogP contribution in [0.1, 0.15) is 16.2 Å². The summed E-state index contributed by atoms with van der Waals surface area (Å²) in [6, 6.07) is 4.16. The maximum atomic E-state index is 8.53. The molecule has 0 atom stereocenters. The summed E-state index contributed by atoms with van der Waals surface area (Å²) in [5, 5.41) is 8.53. The molecule has 0 aliphatic heterocycles. The molecule has 1 aromatic rings. The topological polar surface area (TPSA) is 20.2 Å². The Labute approximate surface area is 87.2 Å². The highest BCUT2D eigenvalue weighted by Gasteiger charge is 1.95. The summed E-state index contributed by atoms with van der Waals surface area (Å²) in [5.41, 5.74) is 0. The summed E-state index contributed by atoms with van der Waals surface area (Å²) in [6.45, 7) is 0.149. The molecule has 70 valence electrons. The standard InChI is InChI=1S/C10H12OS2/c1-12-8-10-6-5-9(13-10)4-2-3-7-11/h5-6,11H,3,7-8H2,1H3. The highest BCUT2D eigenvalue weighted by atomic mass is 32.2. The fourth-order valence-corrected chi connectivity index (χ4v) is 2.52. The van der Waals surface area contributed by atoms with Crippen LogP contribution in [0.4, 0.5) is 0 Å². The van der Waals surface area contributed by atoms with Gasteiger partial charge in [-0.05, 0) is 18.4 Å². The molecule has 0 spiro atoms. The zero-order valence-corrected chi connectivity index (χ0v) is 9.17. The summed E-state index contributed by atoms with van der Waals surface area (Å²) >= 11 is 3.55. The zero-order valence-electron chi connectivity index (χ0n) is 7.54. The van der Waals surface area contributed by atoms with Crippen LogP contribution in [0.5, 0.6) is 0 Å². The Balaban J connectivity index is 2.54. The monoisotopic (exact) mass is 212 g/mol. The van der Waals surface area contributed by atoms with Crippen molar-refractivity contribution < 1.29 is 5.11 Å². The van der Waals surface area contributed by atoms with Crippen molar-refractivity contribution in [1.82, 2.24) is 0 Å². The summed E-state index contributed by atoms with van der Waals surface area (Å²) in [4.78, 5) is 2.46. The Morgan fingerprint density at radius 2 is 2.38 bits per heavy atom. The van der Waals surface area contributed by atoms with Gasteiger partial charge in [0.1, 0.15) is 0 Å². The van der Waals surface area contributed by atoms with Gasteiger partial charge in [-0.2, -0.15) is 11.8 Å². The number of thiophene rings is 1. The molecule has 3 heteroatoms. The van der Waals surface area contributed by atoms with Crippen molar-refractivity contribution in [2.24, 2.45) is 0 Å². The van der Waals surface area contributed by atoms with Crippen molar-refractivity contribution in [2.75, 3.05) is 12.9 Å². The Kier molecular flexibility index (Phi) is 4.99. The molecule has 0 saturated heterocycles. The molecule has 0 fully saturated rings. The van der Waals surface area contributed by atoms with Gasteiger partial charge < -0.3 is 5.11 Å². The summed E-state index contributed by atoms with van der Waals surface area (Å²) in [6.07, 6.45) is 2.66. The summed E-state index contributed by atoms with van der Waals surface area (Å²) < 4.78 is 0. The van der Waals surface area contributed by atoms with E-state index in [2.05, 4.69) is 24.2 Å². The minimum absolute atomic E-state index is 0.149. The fourth-order valence-electron chi connectivity index (χ4n) is 0.870. The van der Waals surface area contributed by atoms with Crippen molar-refractivity contribution in [3.63, 3.8) is 0 Å². The van der Waals surface area contributed by atoms with Gasteiger partial charge in [0.2, 0.25) is 0 Å². The average Bonchev–Trinajstić information content (AvgIpc) is 2.54. The molecule has 1 N–H and O–H groups in total. The van der Waals surface area contributed by atoms with Crippen LogP contribution in [-0.4, -0.2) is 18.0 Å². The molecule has 0 aliphatic rings. The largest absolute Gasteiger partial charge is 0.395 e. The lowest BCUT2D eigenvalue weighted by atomic mass is 10.4. The van der Waals surface area contributed by atoms with Crippen LogP contribution >= 0.6 is 23.1 Å². The van der Waals surface area contributed by atoms with E-state index >= 15 is 0 Å². The van der Waals surface area contributed by atoms with Crippen molar-refractivity contribution >= 4 is 23.1 Å². The molecule has 0 aromatic carbocycles. The molecule has 0 aliphatic carbocycles. The summed E-state index contributed by atoms with van der Waals surface area (Å²) in [5.74, 6) is 7.00. The third kappa shape index (κ3) is 3.86. The first-order valence-electron chi connectivity index (χ1n) is 4.04. The second-order valence-corrected chi connectivity index (χ2v) is 4.51. The summed E-state index contributed by atoms with van der Waals surface area (Å²) in [7, 11) is 0. The Bertz CT molecular complexity index is 306. The molecule has 1 aromatic heterocycles. The first-order chi connectivity index (χ1) is 6.36. The predicted molar refractivity (Wildman–Crippen MR) is 60.1 cm³/mol. The van der Waals surface area contributed by atoms with E-state index in [1.807, 2.05) is 17.8 Å². The van der Waals surface area contributed by atoms with Crippen LogP contribution in [0.3, 0.4) is 0 Å². The van der Waals surface area contributed by atoms with Crippen molar-refractivity contribution in [1.29, 1.82) is 0 Å². The second-order valence-electron chi connectivity index (χ2n) is 2.47. The smallest absolute Gasteiger partial charge is 0.0771 e. The van der Waals surface area contributed by atoms with E-state index in [4.69, 9.17) is 5.11 Å². The lowest BCUT2D eigenvalue weighted by Crippen LogP contribution is -1.75. The first-order valence-corrected chi connectivity index (χ1v) is 6.25. The maximum absolute atomic E-state index is 8.53. The van der Waals surface area contributed by atoms with Crippen LogP contribution in [0.2, 0.25) is 0 Å². The molecule has 0 unspecified atom stereocenters. The predicted octanol–water partition coefficient (Wildman–Crippen LogP) is 2.35. The SMILES string of the molecule is CSCc1ccc(C#CCCO)s1. The molecule has 0 radical (unpaired) electrons. The number of aliphatic hydroxyl groups is 1. The van der Waals surface area contributed by atoms with Crippen molar-refractivity contribution in [2.45, 2.75) is 12.2 Å². The van der Waals surface area contributed by atoms with Crippen LogP contribution < -0.4 is 0 Å². The zero-order chi connectivity index (χ0) is 9.52. The lowest BCUT2D eigenvalue weighted by molar-refractivity contribution is 0.305. The fraction of sp³-hybridized carbons (Fsp3) is 0.400. The van der Waals surface area contributed by atoms with Gasteiger partial charge in [-0.3, -0.25) is 0 Å². The van der Waals surface area contributed by atoms with Crippen LogP contribution in [0, 0.1) is 11.8 Å². The maximum Gasteiger partial charge on any atom is 0.0771 e. The number of aliphatic hydroxyl groups excluding tert-OH is 1. The van der Waals surface area contributed by atoms with Crippen LogP contribution in [0.15, 0.2) is 12.1 Å². The highest BCUT2D eigenvalue weighted by Crippen LogP contribution is 2.19. The van der Waals surface area contributed by atoms with Crippen LogP contribution in [-0.2, 0) is 5.75 Å². The number of thioether (sulfide) groups is 1. The molecule has 0 bridgehead atoms. The van der Waals surface area contributed by atoms with Crippen LogP contribution in [0.25, 0.3) is 0 Å². The van der Waals surface area contributed by atoms with Gasteiger partial charge in [0.15, 0.2) is 0 Å². The van der Waals surface area contributed by atoms with Gasteiger partial charge in [-0.25, -0.2) is 0 Å². The molecule has 1 nitrogen and oxygen atoms in total. The average molecular weight is 212 g/mol. The highest BCUT2D eigenvalue weighted by molar-refractivity contribution is 7.97. The Morgan fingerprint density at radius 3 is 3.08 bits per heavy atom. The number of hydrogen-bond acceptors (Lipinski definition) is 3. The van der Waals surface area contributed by atoms with Gasteiger partial charge in [0, 0.05) is 17.1 Å². The lowest BCUT2D eigenvalue weighted by Gasteiger charge is -1.87. The first kappa shape index (κ1) is 10.6. The van der Waals surface area contributed by atoms with E-state index in [0.29, 0.717) is 6.42 Å². The van der Waals surface area contributed by atoms with E-state index in [1.165, 1.54) is 4.88 Å². The molecule has 1 rings (SSSR count). The molecule has 0 amide bonds. The van der Waals surface area contributed by atoms with Gasteiger partial charge in [0.05, 0.1) is 11.5 Å². The molecule has 13 heavy (non-hydrogen) atoms. The van der Waals surface area contributed by atoms with Gasteiger partial charge >= 0.3 is 0 Å². The molecular weight excluding hydrogens is 200 g/mol. The Hall–Kier alpha value is -0.430. The van der Waals surface area contributed by atoms with E-state index in [-0.39, 0.29) is 6.61 Å². The third-order valence-electron chi connectivity index (χ3n) is 1.40. The van der Waals surface area contributed by atoms with Gasteiger partial charge in [-0.1, -0.05) is 11.8 Å².